The van der Waals surface area contributed by atoms with Gasteiger partial charge in [0, 0.05) is 11.4 Å². The Labute approximate surface area is 86.3 Å². The monoisotopic (exact) mass is 220 g/mol. The highest BCUT2D eigenvalue weighted by Gasteiger charge is 2.32. The minimum Gasteiger partial charge on any atom is -0.384 e. The van der Waals surface area contributed by atoms with E-state index in [1.807, 2.05) is 0 Å². The number of aliphatic hydroxyl groups is 1. The second-order valence-electron chi connectivity index (χ2n) is 3.46. The molecule has 0 aliphatic rings. The lowest BCUT2D eigenvalue weighted by Gasteiger charge is -2.21. The molecule has 14 heavy (non-hydrogen) atoms. The van der Waals surface area contributed by atoms with Crippen LogP contribution in [0, 0.1) is 0 Å². The fourth-order valence-electron chi connectivity index (χ4n) is 1.09. The van der Waals surface area contributed by atoms with E-state index in [2.05, 4.69) is 0 Å². The number of hydrogen-bond donors (Lipinski definition) is 1. The summed E-state index contributed by atoms with van der Waals surface area (Å²) < 4.78 is 24.6. The molecule has 4 heteroatoms. The van der Waals surface area contributed by atoms with Crippen molar-refractivity contribution in [3.05, 3.63) is 34.9 Å². The van der Waals surface area contributed by atoms with Gasteiger partial charge in [-0.1, -0.05) is 23.7 Å². The maximum Gasteiger partial charge on any atom is 0.266 e. The first-order valence-electron chi connectivity index (χ1n) is 4.17. The van der Waals surface area contributed by atoms with E-state index in [9.17, 15) is 13.9 Å². The summed E-state index contributed by atoms with van der Waals surface area (Å²) >= 11 is 5.63. The van der Waals surface area contributed by atoms with Crippen LogP contribution < -0.4 is 0 Å². The van der Waals surface area contributed by atoms with Crippen LogP contribution in [0.5, 0.6) is 0 Å². The van der Waals surface area contributed by atoms with Crippen LogP contribution in [0.25, 0.3) is 0 Å². The minimum absolute atomic E-state index is 0.0815. The molecule has 78 valence electrons. The smallest absolute Gasteiger partial charge is 0.266 e. The topological polar surface area (TPSA) is 20.2 Å². The average molecular weight is 221 g/mol. The molecule has 0 aliphatic carbocycles. The second kappa shape index (κ2) is 4.24. The molecule has 0 saturated heterocycles. The molecule has 0 radical (unpaired) electrons. The van der Waals surface area contributed by atoms with Crippen molar-refractivity contribution in [1.29, 1.82) is 0 Å². The Bertz CT molecular complexity index is 295. The van der Waals surface area contributed by atoms with Gasteiger partial charge in [-0.05, 0) is 24.6 Å². The van der Waals surface area contributed by atoms with Crippen LogP contribution in [-0.4, -0.2) is 17.1 Å². The van der Waals surface area contributed by atoms with Gasteiger partial charge in [0.05, 0.1) is 0 Å². The van der Waals surface area contributed by atoms with Crippen LogP contribution in [0.3, 0.4) is 0 Å². The van der Waals surface area contributed by atoms with Gasteiger partial charge in [0.1, 0.15) is 5.60 Å². The summed E-state index contributed by atoms with van der Waals surface area (Å²) in [5.74, 6) is 0. The molecule has 0 aliphatic heterocycles. The zero-order valence-electron chi connectivity index (χ0n) is 7.67. The standard InChI is InChI=1S/C10H11ClF2O/c1-10(14,9(12)13)6-7-2-4-8(11)5-3-7/h2-5,9,14H,6H2,1H3. The summed E-state index contributed by atoms with van der Waals surface area (Å²) in [7, 11) is 0. The molecule has 0 spiro atoms. The lowest BCUT2D eigenvalue weighted by atomic mass is 9.97. The van der Waals surface area contributed by atoms with E-state index in [0.717, 1.165) is 6.92 Å². The minimum atomic E-state index is -2.75. The number of halogens is 3. The highest BCUT2D eigenvalue weighted by Crippen LogP contribution is 2.21. The summed E-state index contributed by atoms with van der Waals surface area (Å²) in [5.41, 5.74) is -1.34. The van der Waals surface area contributed by atoms with Crippen LogP contribution in [0.1, 0.15) is 12.5 Å². The van der Waals surface area contributed by atoms with Crippen molar-refractivity contribution in [2.45, 2.75) is 25.4 Å². The molecule has 0 heterocycles. The average Bonchev–Trinajstić information content (AvgIpc) is 2.08. The van der Waals surface area contributed by atoms with Gasteiger partial charge in [0.15, 0.2) is 0 Å². The molecule has 1 N–H and O–H groups in total. The zero-order valence-corrected chi connectivity index (χ0v) is 8.43. The third-order valence-electron chi connectivity index (χ3n) is 1.95. The second-order valence-corrected chi connectivity index (χ2v) is 3.90. The summed E-state index contributed by atoms with van der Waals surface area (Å²) in [4.78, 5) is 0. The van der Waals surface area contributed by atoms with Crippen molar-refractivity contribution in [2.24, 2.45) is 0 Å². The number of benzene rings is 1. The summed E-state index contributed by atoms with van der Waals surface area (Å²) in [5, 5.41) is 9.88. The van der Waals surface area contributed by atoms with Gasteiger partial charge in [0.2, 0.25) is 0 Å². The van der Waals surface area contributed by atoms with Crippen LogP contribution in [0.4, 0.5) is 8.78 Å². The lowest BCUT2D eigenvalue weighted by molar-refractivity contribution is -0.0821. The molecule has 0 bridgehead atoms. The van der Waals surface area contributed by atoms with Gasteiger partial charge in [0.25, 0.3) is 6.43 Å². The van der Waals surface area contributed by atoms with Gasteiger partial charge in [-0.15, -0.1) is 0 Å². The van der Waals surface area contributed by atoms with E-state index in [4.69, 9.17) is 11.6 Å². The van der Waals surface area contributed by atoms with Crippen molar-refractivity contribution in [1.82, 2.24) is 0 Å². The first kappa shape index (κ1) is 11.4. The van der Waals surface area contributed by atoms with Crippen LogP contribution in [0.2, 0.25) is 5.02 Å². The normalized spacial score (nSPS) is 15.6. The fraction of sp³-hybridized carbons (Fsp3) is 0.400. The SMILES string of the molecule is CC(O)(Cc1ccc(Cl)cc1)C(F)F. The Hall–Kier alpha value is -0.670. The molecule has 0 aromatic heterocycles. The van der Waals surface area contributed by atoms with Crippen molar-refractivity contribution >= 4 is 11.6 Å². The Morgan fingerprint density at radius 3 is 2.29 bits per heavy atom. The number of alkyl halides is 2. The highest BCUT2D eigenvalue weighted by atomic mass is 35.5. The van der Waals surface area contributed by atoms with Crippen LogP contribution >= 0.6 is 11.6 Å². The Morgan fingerprint density at radius 1 is 1.36 bits per heavy atom. The van der Waals surface area contributed by atoms with Gasteiger partial charge in [-0.2, -0.15) is 0 Å². The third-order valence-corrected chi connectivity index (χ3v) is 2.20. The Balaban J connectivity index is 2.74. The molecular weight excluding hydrogens is 210 g/mol. The molecule has 1 aromatic rings. The maximum absolute atomic E-state index is 12.3. The largest absolute Gasteiger partial charge is 0.384 e. The van der Waals surface area contributed by atoms with Gasteiger partial charge in [-0.3, -0.25) is 0 Å². The summed E-state index contributed by atoms with van der Waals surface area (Å²) in [6, 6.07) is 6.47. The molecule has 1 aromatic carbocycles. The number of rotatable bonds is 3. The molecular formula is C10H11ClF2O. The molecule has 0 amide bonds. The molecule has 1 unspecified atom stereocenters. The van der Waals surface area contributed by atoms with Crippen LogP contribution in [0.15, 0.2) is 24.3 Å². The van der Waals surface area contributed by atoms with E-state index in [1.165, 1.54) is 0 Å². The molecule has 0 saturated carbocycles. The highest BCUT2D eigenvalue weighted by molar-refractivity contribution is 6.30. The first-order valence-corrected chi connectivity index (χ1v) is 4.54. The van der Waals surface area contributed by atoms with Gasteiger partial charge < -0.3 is 5.11 Å². The molecule has 1 nitrogen and oxygen atoms in total. The van der Waals surface area contributed by atoms with Crippen molar-refractivity contribution in [3.63, 3.8) is 0 Å². The number of hydrogen-bond acceptors (Lipinski definition) is 1. The van der Waals surface area contributed by atoms with Crippen LogP contribution in [-0.2, 0) is 6.42 Å². The van der Waals surface area contributed by atoms with E-state index in [0.29, 0.717) is 10.6 Å². The zero-order chi connectivity index (χ0) is 10.8. The Kier molecular flexibility index (Phi) is 3.45. The maximum atomic E-state index is 12.3. The molecule has 0 fully saturated rings. The summed E-state index contributed by atoms with van der Waals surface area (Å²) in [6.07, 6.45) is -2.83. The summed E-state index contributed by atoms with van der Waals surface area (Å²) in [6.45, 7) is 1.12. The van der Waals surface area contributed by atoms with Crippen molar-refractivity contribution < 1.29 is 13.9 Å². The predicted molar refractivity (Wildman–Crippen MR) is 51.8 cm³/mol. The van der Waals surface area contributed by atoms with Crippen molar-refractivity contribution in [2.75, 3.05) is 0 Å². The quantitative estimate of drug-likeness (QED) is 0.831. The molecule has 1 atom stereocenters. The predicted octanol–water partition coefficient (Wildman–Crippen LogP) is 2.90. The lowest BCUT2D eigenvalue weighted by Crippen LogP contribution is -2.35. The Morgan fingerprint density at radius 2 is 1.86 bits per heavy atom. The van der Waals surface area contributed by atoms with Crippen molar-refractivity contribution in [3.8, 4) is 0 Å². The van der Waals surface area contributed by atoms with Gasteiger partial charge >= 0.3 is 0 Å². The van der Waals surface area contributed by atoms with E-state index < -0.39 is 12.0 Å². The van der Waals surface area contributed by atoms with E-state index >= 15 is 0 Å². The first-order chi connectivity index (χ1) is 6.42. The fourth-order valence-corrected chi connectivity index (χ4v) is 1.22. The third kappa shape index (κ3) is 2.93. The molecule has 1 rings (SSSR count). The van der Waals surface area contributed by atoms with E-state index in [1.54, 1.807) is 24.3 Å². The van der Waals surface area contributed by atoms with Gasteiger partial charge in [-0.25, -0.2) is 8.78 Å². The van der Waals surface area contributed by atoms with E-state index in [-0.39, 0.29) is 6.42 Å².